The van der Waals surface area contributed by atoms with Gasteiger partial charge in [-0.3, -0.25) is 4.79 Å². The molecule has 28 heavy (non-hydrogen) atoms. The summed E-state index contributed by atoms with van der Waals surface area (Å²) >= 11 is 1.02. The van der Waals surface area contributed by atoms with Crippen LogP contribution in [0.1, 0.15) is 37.6 Å². The summed E-state index contributed by atoms with van der Waals surface area (Å²) in [5.74, 6) is -1.39. The van der Waals surface area contributed by atoms with Crippen molar-refractivity contribution < 1.29 is 23.9 Å². The molecule has 0 unspecified atom stereocenters. The molecule has 3 rings (SSSR count). The minimum absolute atomic E-state index is 0.188. The Labute approximate surface area is 167 Å². The molecule has 0 fully saturated rings. The molecule has 2 heterocycles. The lowest BCUT2D eigenvalue weighted by Crippen LogP contribution is -2.26. The van der Waals surface area contributed by atoms with Gasteiger partial charge in [0, 0.05) is 25.2 Å². The van der Waals surface area contributed by atoms with Gasteiger partial charge in [0.25, 0.3) is 0 Å². The lowest BCUT2D eigenvalue weighted by Gasteiger charge is -2.18. The first kappa shape index (κ1) is 19.9. The molecule has 1 N–H and O–H groups in total. The van der Waals surface area contributed by atoms with Crippen molar-refractivity contribution in [2.75, 3.05) is 37.5 Å². The summed E-state index contributed by atoms with van der Waals surface area (Å²) in [4.78, 5) is 39.0. The Morgan fingerprint density at radius 1 is 1.14 bits per heavy atom. The quantitative estimate of drug-likeness (QED) is 0.748. The highest BCUT2D eigenvalue weighted by Gasteiger charge is 2.27. The fourth-order valence-corrected chi connectivity index (χ4v) is 4.43. The number of thiophene rings is 1. The standard InChI is InChI=1S/C20H22N2O5S/c1-12-16(19(24)26-2)18(28-17(12)20(25)27-3)21-15(23)9-11-22-10-8-13-6-4-5-7-14(13)22/h4-7H,8-11H2,1-3H3,(H,21,23). The number of carbonyl (C=O) groups excluding carboxylic acids is 3. The molecular formula is C20H22N2O5S. The van der Waals surface area contributed by atoms with E-state index in [1.807, 2.05) is 12.1 Å². The molecule has 0 saturated heterocycles. The number of carbonyl (C=O) groups is 3. The SMILES string of the molecule is COC(=O)c1sc(NC(=O)CCN2CCc3ccccc32)c(C(=O)OC)c1C. The molecule has 1 amide bonds. The number of hydrogen-bond acceptors (Lipinski definition) is 7. The number of esters is 2. The summed E-state index contributed by atoms with van der Waals surface area (Å²) < 4.78 is 9.55. The van der Waals surface area contributed by atoms with Crippen molar-refractivity contribution in [1.29, 1.82) is 0 Å². The first-order valence-corrected chi connectivity index (χ1v) is 9.70. The van der Waals surface area contributed by atoms with Crippen LogP contribution in [0.3, 0.4) is 0 Å². The zero-order valence-corrected chi connectivity index (χ0v) is 16.9. The van der Waals surface area contributed by atoms with Crippen LogP contribution in [-0.4, -0.2) is 45.2 Å². The molecule has 0 radical (unpaired) electrons. The second-order valence-corrected chi connectivity index (χ2v) is 7.43. The molecule has 1 aromatic carbocycles. The molecule has 7 nitrogen and oxygen atoms in total. The van der Waals surface area contributed by atoms with E-state index in [9.17, 15) is 14.4 Å². The average Bonchev–Trinajstić information content (AvgIpc) is 3.26. The highest BCUT2D eigenvalue weighted by atomic mass is 32.1. The fraction of sp³-hybridized carbons (Fsp3) is 0.350. The van der Waals surface area contributed by atoms with Gasteiger partial charge in [-0.15, -0.1) is 11.3 Å². The first-order valence-electron chi connectivity index (χ1n) is 8.89. The van der Waals surface area contributed by atoms with Gasteiger partial charge in [0.1, 0.15) is 9.88 Å². The lowest BCUT2D eigenvalue weighted by atomic mass is 10.1. The molecule has 0 saturated carbocycles. The molecule has 148 valence electrons. The number of anilines is 2. The zero-order valence-electron chi connectivity index (χ0n) is 16.0. The maximum absolute atomic E-state index is 12.5. The van der Waals surface area contributed by atoms with Gasteiger partial charge in [-0.2, -0.15) is 0 Å². The Bertz CT molecular complexity index is 921. The molecular weight excluding hydrogens is 380 g/mol. The van der Waals surface area contributed by atoms with E-state index in [0.717, 1.165) is 30.0 Å². The van der Waals surface area contributed by atoms with Crippen molar-refractivity contribution in [2.45, 2.75) is 19.8 Å². The van der Waals surface area contributed by atoms with Gasteiger partial charge in [0.05, 0.1) is 19.8 Å². The van der Waals surface area contributed by atoms with Gasteiger partial charge < -0.3 is 19.7 Å². The molecule has 0 atom stereocenters. The van der Waals surface area contributed by atoms with Gasteiger partial charge in [-0.1, -0.05) is 18.2 Å². The van der Waals surface area contributed by atoms with E-state index in [4.69, 9.17) is 9.47 Å². The summed E-state index contributed by atoms with van der Waals surface area (Å²) in [6, 6.07) is 8.16. The number of rotatable bonds is 6. The molecule has 1 aliphatic heterocycles. The predicted octanol–water partition coefficient (Wildman–Crippen LogP) is 3.02. The second-order valence-electron chi connectivity index (χ2n) is 6.41. The van der Waals surface area contributed by atoms with Crippen LogP contribution < -0.4 is 10.2 Å². The number of fused-ring (bicyclic) bond motifs is 1. The van der Waals surface area contributed by atoms with E-state index in [1.165, 1.54) is 19.8 Å². The van der Waals surface area contributed by atoms with E-state index >= 15 is 0 Å². The normalized spacial score (nSPS) is 12.5. The van der Waals surface area contributed by atoms with Crippen molar-refractivity contribution in [1.82, 2.24) is 0 Å². The van der Waals surface area contributed by atoms with Crippen LogP contribution in [-0.2, 0) is 20.7 Å². The van der Waals surface area contributed by atoms with Gasteiger partial charge >= 0.3 is 11.9 Å². The number of benzene rings is 1. The molecule has 0 aliphatic carbocycles. The number of para-hydroxylation sites is 1. The van der Waals surface area contributed by atoms with Gasteiger partial charge in [-0.05, 0) is 30.5 Å². The van der Waals surface area contributed by atoms with Gasteiger partial charge in [0.2, 0.25) is 5.91 Å². The van der Waals surface area contributed by atoms with E-state index in [0.29, 0.717) is 17.1 Å². The third kappa shape index (κ3) is 3.87. The van der Waals surface area contributed by atoms with Crippen LogP contribution in [0, 0.1) is 6.92 Å². The Morgan fingerprint density at radius 3 is 2.57 bits per heavy atom. The lowest BCUT2D eigenvalue weighted by molar-refractivity contribution is -0.116. The number of nitrogens with one attached hydrogen (secondary N) is 1. The Kier molecular flexibility index (Phi) is 5.99. The molecule has 2 aromatic rings. The monoisotopic (exact) mass is 402 g/mol. The summed E-state index contributed by atoms with van der Waals surface area (Å²) in [7, 11) is 2.53. The van der Waals surface area contributed by atoms with E-state index < -0.39 is 11.9 Å². The highest BCUT2D eigenvalue weighted by Crippen LogP contribution is 2.34. The zero-order chi connectivity index (χ0) is 20.3. The minimum atomic E-state index is -0.604. The Balaban J connectivity index is 1.71. The highest BCUT2D eigenvalue weighted by molar-refractivity contribution is 7.18. The van der Waals surface area contributed by atoms with Crippen molar-refractivity contribution in [3.05, 3.63) is 45.8 Å². The minimum Gasteiger partial charge on any atom is -0.465 e. The van der Waals surface area contributed by atoms with Crippen molar-refractivity contribution in [3.63, 3.8) is 0 Å². The second kappa shape index (κ2) is 8.43. The molecule has 0 spiro atoms. The summed E-state index contributed by atoms with van der Waals surface area (Å²) in [5.41, 5.74) is 3.07. The maximum Gasteiger partial charge on any atom is 0.348 e. The van der Waals surface area contributed by atoms with Gasteiger partial charge in [0.15, 0.2) is 0 Å². The number of hydrogen-bond donors (Lipinski definition) is 1. The van der Waals surface area contributed by atoms with Crippen molar-refractivity contribution in [2.24, 2.45) is 0 Å². The van der Waals surface area contributed by atoms with Crippen LogP contribution >= 0.6 is 11.3 Å². The topological polar surface area (TPSA) is 84.9 Å². The Morgan fingerprint density at radius 2 is 1.86 bits per heavy atom. The van der Waals surface area contributed by atoms with Crippen LogP contribution in [0.2, 0.25) is 0 Å². The molecule has 1 aliphatic rings. The molecule has 1 aromatic heterocycles. The third-order valence-electron chi connectivity index (χ3n) is 4.75. The predicted molar refractivity (Wildman–Crippen MR) is 107 cm³/mol. The van der Waals surface area contributed by atoms with E-state index in [2.05, 4.69) is 22.3 Å². The maximum atomic E-state index is 12.5. The van der Waals surface area contributed by atoms with Gasteiger partial charge in [-0.25, -0.2) is 9.59 Å². The number of ether oxygens (including phenoxy) is 2. The number of nitrogens with zero attached hydrogens (tertiary/aromatic N) is 1. The first-order chi connectivity index (χ1) is 13.5. The summed E-state index contributed by atoms with van der Waals surface area (Å²) in [6.45, 7) is 3.08. The fourth-order valence-electron chi connectivity index (χ4n) is 3.30. The third-order valence-corrected chi connectivity index (χ3v) is 5.94. The Hall–Kier alpha value is -2.87. The van der Waals surface area contributed by atoms with Crippen LogP contribution in [0.4, 0.5) is 10.7 Å². The van der Waals surface area contributed by atoms with Crippen LogP contribution in [0.5, 0.6) is 0 Å². The van der Waals surface area contributed by atoms with Crippen molar-refractivity contribution in [3.8, 4) is 0 Å². The number of amides is 1. The molecule has 8 heteroatoms. The van der Waals surface area contributed by atoms with E-state index in [1.54, 1.807) is 6.92 Å². The van der Waals surface area contributed by atoms with E-state index in [-0.39, 0.29) is 22.8 Å². The summed E-state index contributed by atoms with van der Waals surface area (Å²) in [5, 5.41) is 3.06. The largest absolute Gasteiger partial charge is 0.465 e. The van der Waals surface area contributed by atoms with Crippen molar-refractivity contribution >= 4 is 39.9 Å². The van der Waals surface area contributed by atoms with Crippen LogP contribution in [0.15, 0.2) is 24.3 Å². The van der Waals surface area contributed by atoms with Crippen LogP contribution in [0.25, 0.3) is 0 Å². The number of methoxy groups -OCH3 is 2. The summed E-state index contributed by atoms with van der Waals surface area (Å²) in [6.07, 6.45) is 1.23. The average molecular weight is 402 g/mol. The smallest absolute Gasteiger partial charge is 0.348 e. The molecule has 0 bridgehead atoms.